The van der Waals surface area contributed by atoms with E-state index in [1.54, 1.807) is 30.3 Å². The number of benzene rings is 1. The fraction of sp³-hybridized carbons (Fsp3) is 0.0769. The summed E-state index contributed by atoms with van der Waals surface area (Å²) in [5.41, 5.74) is 0.0927. The largest absolute Gasteiger partial charge is 0.495 e. The Morgan fingerprint density at radius 3 is 2.61 bits per heavy atom. The highest BCUT2D eigenvalue weighted by Gasteiger charge is 2.11. The lowest BCUT2D eigenvalue weighted by molar-refractivity contribution is 0.0694. The predicted molar refractivity (Wildman–Crippen MR) is 64.3 cm³/mol. The number of hydrogen-bond acceptors (Lipinski definition) is 4. The Hall–Kier alpha value is -2.56. The molecule has 0 aliphatic heterocycles. The van der Waals surface area contributed by atoms with Gasteiger partial charge < -0.3 is 14.6 Å². The van der Waals surface area contributed by atoms with Crippen molar-refractivity contribution in [3.63, 3.8) is 0 Å². The molecule has 0 bridgehead atoms. The predicted octanol–water partition coefficient (Wildman–Crippen LogP) is 2.58. The Bertz CT molecular complexity index is 551. The van der Waals surface area contributed by atoms with Gasteiger partial charge in [0.05, 0.1) is 13.3 Å². The number of para-hydroxylation sites is 1. The summed E-state index contributed by atoms with van der Waals surface area (Å²) in [5, 5.41) is 9.01. The number of pyridine rings is 1. The Morgan fingerprint density at radius 2 is 2.00 bits per heavy atom. The molecule has 1 aromatic carbocycles. The van der Waals surface area contributed by atoms with Crippen LogP contribution < -0.4 is 9.47 Å². The van der Waals surface area contributed by atoms with Crippen molar-refractivity contribution >= 4 is 5.97 Å². The van der Waals surface area contributed by atoms with Crippen LogP contribution in [0.15, 0.2) is 42.6 Å². The van der Waals surface area contributed by atoms with Crippen LogP contribution in [-0.4, -0.2) is 23.2 Å². The first kappa shape index (κ1) is 11.9. The summed E-state index contributed by atoms with van der Waals surface area (Å²) < 4.78 is 10.4. The van der Waals surface area contributed by atoms with Crippen LogP contribution in [0.1, 0.15) is 10.4 Å². The highest BCUT2D eigenvalue weighted by Crippen LogP contribution is 2.24. The van der Waals surface area contributed by atoms with E-state index < -0.39 is 5.97 Å². The Labute approximate surface area is 104 Å². The highest BCUT2D eigenvalue weighted by molar-refractivity contribution is 5.90. The molecule has 1 heterocycles. The summed E-state index contributed by atoms with van der Waals surface area (Å²) in [4.78, 5) is 15.0. The van der Waals surface area contributed by atoms with E-state index in [1.165, 1.54) is 19.4 Å². The molecule has 0 aliphatic rings. The van der Waals surface area contributed by atoms with Gasteiger partial charge in [-0.05, 0) is 18.2 Å². The van der Waals surface area contributed by atoms with Crippen molar-refractivity contribution in [1.29, 1.82) is 0 Å². The zero-order valence-electron chi connectivity index (χ0n) is 9.66. The van der Waals surface area contributed by atoms with E-state index in [0.29, 0.717) is 11.6 Å². The lowest BCUT2D eigenvalue weighted by atomic mass is 10.2. The summed E-state index contributed by atoms with van der Waals surface area (Å²) in [7, 11) is 1.54. The number of hydrogen-bond donors (Lipinski definition) is 1. The van der Waals surface area contributed by atoms with E-state index in [1.807, 2.05) is 0 Å². The lowest BCUT2D eigenvalue weighted by Gasteiger charge is -2.07. The molecular weight excluding hydrogens is 234 g/mol. The standard InChI is InChI=1S/C13H11NO4/c1-17-9-6-7-12(14-8-9)18-11-5-3-2-4-10(11)13(15)16/h2-8H,1H3,(H,15,16). The minimum atomic E-state index is -1.04. The monoisotopic (exact) mass is 245 g/mol. The number of nitrogens with zero attached hydrogens (tertiary/aromatic N) is 1. The second-order valence-electron chi connectivity index (χ2n) is 3.44. The molecule has 0 saturated carbocycles. The van der Waals surface area contributed by atoms with E-state index in [-0.39, 0.29) is 11.3 Å². The second-order valence-corrected chi connectivity index (χ2v) is 3.44. The number of aromatic carboxylic acids is 1. The fourth-order valence-corrected chi connectivity index (χ4v) is 1.39. The van der Waals surface area contributed by atoms with Gasteiger partial charge in [-0.2, -0.15) is 0 Å². The lowest BCUT2D eigenvalue weighted by Crippen LogP contribution is -2.00. The van der Waals surface area contributed by atoms with Crippen LogP contribution in [0.2, 0.25) is 0 Å². The van der Waals surface area contributed by atoms with E-state index in [9.17, 15) is 4.79 Å². The molecule has 0 unspecified atom stereocenters. The molecule has 1 N–H and O–H groups in total. The average molecular weight is 245 g/mol. The van der Waals surface area contributed by atoms with Gasteiger partial charge in [-0.1, -0.05) is 12.1 Å². The van der Waals surface area contributed by atoms with Crippen molar-refractivity contribution in [3.8, 4) is 17.4 Å². The third-order valence-corrected chi connectivity index (χ3v) is 2.28. The van der Waals surface area contributed by atoms with Gasteiger partial charge in [0.15, 0.2) is 0 Å². The molecule has 0 saturated heterocycles. The summed E-state index contributed by atoms with van der Waals surface area (Å²) in [6.07, 6.45) is 1.50. The topological polar surface area (TPSA) is 68.7 Å². The molecule has 92 valence electrons. The number of aromatic nitrogens is 1. The average Bonchev–Trinajstić information content (AvgIpc) is 2.40. The molecule has 0 atom stereocenters. The molecule has 2 rings (SSSR count). The Balaban J connectivity index is 2.25. The van der Waals surface area contributed by atoms with Gasteiger partial charge >= 0.3 is 5.97 Å². The molecular formula is C13H11NO4. The van der Waals surface area contributed by atoms with E-state index in [0.717, 1.165) is 0 Å². The molecule has 5 heteroatoms. The first-order valence-corrected chi connectivity index (χ1v) is 5.21. The molecule has 0 aliphatic carbocycles. The van der Waals surface area contributed by atoms with Crippen molar-refractivity contribution in [2.75, 3.05) is 7.11 Å². The summed E-state index contributed by atoms with van der Waals surface area (Å²) in [6, 6.07) is 9.68. The van der Waals surface area contributed by atoms with Crippen molar-refractivity contribution in [1.82, 2.24) is 4.98 Å². The first-order valence-electron chi connectivity index (χ1n) is 5.21. The van der Waals surface area contributed by atoms with Gasteiger partial charge in [-0.25, -0.2) is 9.78 Å². The number of methoxy groups -OCH3 is 1. The summed E-state index contributed by atoms with van der Waals surface area (Å²) in [5.74, 6) is 0.125. The normalized spacial score (nSPS) is 9.83. The van der Waals surface area contributed by atoms with Crippen LogP contribution in [0, 0.1) is 0 Å². The SMILES string of the molecule is COc1ccc(Oc2ccccc2C(=O)O)nc1. The van der Waals surface area contributed by atoms with Crippen molar-refractivity contribution in [2.45, 2.75) is 0 Å². The quantitative estimate of drug-likeness (QED) is 0.896. The van der Waals surface area contributed by atoms with Crippen molar-refractivity contribution in [2.24, 2.45) is 0 Å². The van der Waals surface area contributed by atoms with Gasteiger partial charge in [0.25, 0.3) is 0 Å². The molecule has 1 aromatic heterocycles. The van der Waals surface area contributed by atoms with Gasteiger partial charge in [0, 0.05) is 6.07 Å². The van der Waals surface area contributed by atoms with E-state index in [4.69, 9.17) is 14.6 Å². The summed E-state index contributed by atoms with van der Waals surface area (Å²) >= 11 is 0. The first-order chi connectivity index (χ1) is 8.70. The van der Waals surface area contributed by atoms with Crippen molar-refractivity contribution < 1.29 is 19.4 Å². The second kappa shape index (κ2) is 5.18. The van der Waals surface area contributed by atoms with Crippen molar-refractivity contribution in [3.05, 3.63) is 48.2 Å². The third kappa shape index (κ3) is 2.57. The van der Waals surface area contributed by atoms with Gasteiger partial charge in [-0.3, -0.25) is 0 Å². The maximum atomic E-state index is 11.0. The smallest absolute Gasteiger partial charge is 0.339 e. The van der Waals surface area contributed by atoms with Crippen LogP contribution in [0.25, 0.3) is 0 Å². The zero-order valence-corrected chi connectivity index (χ0v) is 9.66. The Kier molecular flexibility index (Phi) is 3.43. The number of carbonyl (C=O) groups is 1. The highest BCUT2D eigenvalue weighted by atomic mass is 16.5. The molecule has 0 fully saturated rings. The molecule has 18 heavy (non-hydrogen) atoms. The zero-order chi connectivity index (χ0) is 13.0. The molecule has 5 nitrogen and oxygen atoms in total. The number of ether oxygens (including phenoxy) is 2. The molecule has 0 amide bonds. The van der Waals surface area contributed by atoms with Gasteiger partial charge in [-0.15, -0.1) is 0 Å². The van der Waals surface area contributed by atoms with Crippen LogP contribution in [-0.2, 0) is 0 Å². The van der Waals surface area contributed by atoms with Gasteiger partial charge in [0.1, 0.15) is 17.1 Å². The number of carboxylic acids is 1. The van der Waals surface area contributed by atoms with Crippen LogP contribution in [0.3, 0.4) is 0 Å². The van der Waals surface area contributed by atoms with E-state index >= 15 is 0 Å². The van der Waals surface area contributed by atoms with Crippen LogP contribution >= 0.6 is 0 Å². The summed E-state index contributed by atoms with van der Waals surface area (Å²) in [6.45, 7) is 0. The molecule has 0 spiro atoms. The van der Waals surface area contributed by atoms with Gasteiger partial charge in [0.2, 0.25) is 5.88 Å². The third-order valence-electron chi connectivity index (χ3n) is 2.28. The Morgan fingerprint density at radius 1 is 1.22 bits per heavy atom. The fourth-order valence-electron chi connectivity index (χ4n) is 1.39. The van der Waals surface area contributed by atoms with Crippen LogP contribution in [0.5, 0.6) is 17.4 Å². The number of rotatable bonds is 4. The molecule has 2 aromatic rings. The minimum Gasteiger partial charge on any atom is -0.495 e. The maximum absolute atomic E-state index is 11.0. The minimum absolute atomic E-state index is 0.0927. The molecule has 0 radical (unpaired) electrons. The van der Waals surface area contributed by atoms with E-state index in [2.05, 4.69) is 4.98 Å². The van der Waals surface area contributed by atoms with Crippen LogP contribution in [0.4, 0.5) is 0 Å². The number of carboxylic acid groups (broad SMARTS) is 1. The maximum Gasteiger partial charge on any atom is 0.339 e.